The summed E-state index contributed by atoms with van der Waals surface area (Å²) in [7, 11) is 0. The van der Waals surface area contributed by atoms with Gasteiger partial charge in [0.25, 0.3) is 17.7 Å². The molecule has 4 aliphatic rings. The second kappa shape index (κ2) is 8.09. The van der Waals surface area contributed by atoms with E-state index < -0.39 is 0 Å². The van der Waals surface area contributed by atoms with Crippen LogP contribution in [0.4, 0.5) is 0 Å². The summed E-state index contributed by atoms with van der Waals surface area (Å²) in [5.74, 6) is -0.263. The number of nitrogens with zero attached hydrogens (tertiary/aromatic N) is 2. The molecule has 2 aliphatic carbocycles. The zero-order valence-electron chi connectivity index (χ0n) is 17.8. The molecule has 31 heavy (non-hydrogen) atoms. The molecule has 4 amide bonds. The topological polar surface area (TPSA) is 86.8 Å². The highest BCUT2D eigenvalue weighted by Gasteiger charge is 2.41. The van der Waals surface area contributed by atoms with Crippen molar-refractivity contribution in [2.24, 2.45) is 5.92 Å². The van der Waals surface area contributed by atoms with Gasteiger partial charge in [-0.15, -0.1) is 0 Å². The molecule has 7 heteroatoms. The van der Waals surface area contributed by atoms with E-state index in [4.69, 9.17) is 0 Å². The minimum atomic E-state index is -0.261. The molecule has 1 aromatic rings. The molecule has 2 aliphatic heterocycles. The SMILES string of the molecule is O=C(NC1CCN(C(=O)c2ccc3c(c2)C(=O)N(C2CCCCC2)C3=O)CC1)C1CC1. The van der Waals surface area contributed by atoms with Gasteiger partial charge >= 0.3 is 0 Å². The Morgan fingerprint density at radius 3 is 2.19 bits per heavy atom. The van der Waals surface area contributed by atoms with Gasteiger partial charge in [-0.05, 0) is 56.7 Å². The lowest BCUT2D eigenvalue weighted by molar-refractivity contribution is -0.123. The van der Waals surface area contributed by atoms with Gasteiger partial charge in [-0.2, -0.15) is 0 Å². The van der Waals surface area contributed by atoms with E-state index in [2.05, 4.69) is 5.32 Å². The normalized spacial score (nSPS) is 22.6. The van der Waals surface area contributed by atoms with Crippen LogP contribution in [-0.2, 0) is 4.79 Å². The maximum atomic E-state index is 13.0. The maximum Gasteiger partial charge on any atom is 0.261 e. The van der Waals surface area contributed by atoms with Gasteiger partial charge in [-0.25, -0.2) is 0 Å². The van der Waals surface area contributed by atoms with Gasteiger partial charge in [0, 0.05) is 36.7 Å². The van der Waals surface area contributed by atoms with Crippen LogP contribution in [0.2, 0.25) is 0 Å². The number of amides is 4. The predicted octanol–water partition coefficient (Wildman–Crippen LogP) is 2.75. The number of hydrogen-bond donors (Lipinski definition) is 1. The number of piperidine rings is 1. The van der Waals surface area contributed by atoms with E-state index in [1.54, 1.807) is 23.1 Å². The van der Waals surface area contributed by atoms with Crippen LogP contribution in [0.5, 0.6) is 0 Å². The van der Waals surface area contributed by atoms with Crippen molar-refractivity contribution < 1.29 is 19.2 Å². The van der Waals surface area contributed by atoms with Gasteiger partial charge in [0.15, 0.2) is 0 Å². The van der Waals surface area contributed by atoms with E-state index >= 15 is 0 Å². The van der Waals surface area contributed by atoms with Crippen LogP contribution in [-0.4, -0.2) is 58.6 Å². The highest BCUT2D eigenvalue weighted by molar-refractivity contribution is 6.22. The number of rotatable bonds is 4. The number of imide groups is 1. The molecule has 0 radical (unpaired) electrons. The van der Waals surface area contributed by atoms with Crippen molar-refractivity contribution >= 4 is 23.6 Å². The fraction of sp³-hybridized carbons (Fsp3) is 0.583. The zero-order valence-corrected chi connectivity index (χ0v) is 17.8. The van der Waals surface area contributed by atoms with E-state index in [0.29, 0.717) is 29.8 Å². The zero-order chi connectivity index (χ0) is 21.5. The van der Waals surface area contributed by atoms with Crippen LogP contribution in [0, 0.1) is 5.92 Å². The van der Waals surface area contributed by atoms with E-state index in [-0.39, 0.29) is 41.6 Å². The second-order valence-electron chi connectivity index (χ2n) is 9.38. The first-order valence-electron chi connectivity index (χ1n) is 11.6. The number of carbonyl (C=O) groups is 4. The van der Waals surface area contributed by atoms with E-state index in [1.807, 2.05) is 0 Å². The van der Waals surface area contributed by atoms with E-state index in [9.17, 15) is 19.2 Å². The maximum absolute atomic E-state index is 13.0. The molecule has 1 N–H and O–H groups in total. The molecule has 5 rings (SSSR count). The summed E-state index contributed by atoms with van der Waals surface area (Å²) in [5, 5.41) is 3.10. The Hall–Kier alpha value is -2.70. The molecule has 1 aromatic carbocycles. The number of likely N-dealkylation sites (tertiary alicyclic amines) is 1. The Balaban J connectivity index is 1.25. The molecule has 164 valence electrons. The smallest absolute Gasteiger partial charge is 0.261 e. The molecule has 0 unspecified atom stereocenters. The van der Waals surface area contributed by atoms with Crippen LogP contribution < -0.4 is 5.32 Å². The number of hydrogen-bond acceptors (Lipinski definition) is 4. The van der Waals surface area contributed by atoms with Crippen LogP contribution in [0.25, 0.3) is 0 Å². The quantitative estimate of drug-likeness (QED) is 0.755. The third-order valence-corrected chi connectivity index (χ3v) is 7.18. The van der Waals surface area contributed by atoms with Gasteiger partial charge in [-0.3, -0.25) is 24.1 Å². The lowest BCUT2D eigenvalue weighted by Crippen LogP contribution is -2.46. The van der Waals surface area contributed by atoms with Gasteiger partial charge in [0.2, 0.25) is 5.91 Å². The molecule has 2 heterocycles. The number of nitrogens with one attached hydrogen (secondary N) is 1. The molecular weight excluding hydrogens is 394 g/mol. The summed E-state index contributed by atoms with van der Waals surface area (Å²) < 4.78 is 0. The first kappa shape index (κ1) is 20.2. The van der Waals surface area contributed by atoms with Crippen molar-refractivity contribution in [2.75, 3.05) is 13.1 Å². The summed E-state index contributed by atoms with van der Waals surface area (Å²) >= 11 is 0. The molecule has 3 fully saturated rings. The Morgan fingerprint density at radius 2 is 1.52 bits per heavy atom. The average Bonchev–Trinajstić information content (AvgIpc) is 3.62. The third-order valence-electron chi connectivity index (χ3n) is 7.18. The van der Waals surface area contributed by atoms with Crippen molar-refractivity contribution in [1.29, 1.82) is 0 Å². The molecule has 0 aromatic heterocycles. The molecule has 7 nitrogen and oxygen atoms in total. The standard InChI is InChI=1S/C24H29N3O4/c28-21(15-6-7-15)25-17-10-12-26(13-11-17)22(29)16-8-9-19-20(14-16)24(31)27(23(19)30)18-4-2-1-3-5-18/h8-9,14-15,17-18H,1-7,10-13H2,(H,25,28). The van der Waals surface area contributed by atoms with Crippen LogP contribution in [0.3, 0.4) is 0 Å². The highest BCUT2D eigenvalue weighted by atomic mass is 16.2. The van der Waals surface area contributed by atoms with Crippen LogP contribution >= 0.6 is 0 Å². The van der Waals surface area contributed by atoms with Gasteiger partial charge < -0.3 is 10.2 Å². The van der Waals surface area contributed by atoms with Crippen molar-refractivity contribution in [1.82, 2.24) is 15.1 Å². The van der Waals surface area contributed by atoms with Gasteiger partial charge in [-0.1, -0.05) is 19.3 Å². The van der Waals surface area contributed by atoms with E-state index in [0.717, 1.165) is 57.8 Å². The lowest BCUT2D eigenvalue weighted by atomic mass is 9.94. The van der Waals surface area contributed by atoms with Gasteiger partial charge in [0.05, 0.1) is 11.1 Å². The Morgan fingerprint density at radius 1 is 0.839 bits per heavy atom. The highest BCUT2D eigenvalue weighted by Crippen LogP contribution is 2.32. The second-order valence-corrected chi connectivity index (χ2v) is 9.38. The first-order chi connectivity index (χ1) is 15.0. The molecule has 1 saturated heterocycles. The fourth-order valence-corrected chi connectivity index (χ4v) is 5.14. The van der Waals surface area contributed by atoms with Crippen LogP contribution in [0.1, 0.15) is 88.9 Å². The summed E-state index contributed by atoms with van der Waals surface area (Å²) in [6.07, 6.45) is 8.41. The minimum absolute atomic E-state index is 0.0230. The van der Waals surface area contributed by atoms with Crippen molar-refractivity contribution in [3.05, 3.63) is 34.9 Å². The molecule has 0 atom stereocenters. The monoisotopic (exact) mass is 423 g/mol. The summed E-state index contributed by atoms with van der Waals surface area (Å²) in [4.78, 5) is 54.1. The number of carbonyl (C=O) groups excluding carboxylic acids is 4. The molecule has 0 spiro atoms. The Kier molecular flexibility index (Phi) is 5.28. The van der Waals surface area contributed by atoms with Crippen molar-refractivity contribution in [2.45, 2.75) is 69.9 Å². The number of benzene rings is 1. The Bertz CT molecular complexity index is 925. The average molecular weight is 424 g/mol. The third kappa shape index (κ3) is 3.86. The Labute approximate surface area is 182 Å². The molecular formula is C24H29N3O4. The lowest BCUT2D eigenvalue weighted by Gasteiger charge is -2.32. The summed E-state index contributed by atoms with van der Waals surface area (Å²) in [6.45, 7) is 1.15. The van der Waals surface area contributed by atoms with E-state index in [1.165, 1.54) is 4.90 Å². The fourth-order valence-electron chi connectivity index (χ4n) is 5.14. The van der Waals surface area contributed by atoms with Gasteiger partial charge in [0.1, 0.15) is 0 Å². The summed E-state index contributed by atoms with van der Waals surface area (Å²) in [6, 6.07) is 5.00. The van der Waals surface area contributed by atoms with Crippen LogP contribution in [0.15, 0.2) is 18.2 Å². The van der Waals surface area contributed by atoms with Crippen molar-refractivity contribution in [3.63, 3.8) is 0 Å². The van der Waals surface area contributed by atoms with Crippen molar-refractivity contribution in [3.8, 4) is 0 Å². The molecule has 2 saturated carbocycles. The largest absolute Gasteiger partial charge is 0.353 e. The number of fused-ring (bicyclic) bond motifs is 1. The first-order valence-corrected chi connectivity index (χ1v) is 11.6. The molecule has 0 bridgehead atoms. The minimum Gasteiger partial charge on any atom is -0.353 e. The summed E-state index contributed by atoms with van der Waals surface area (Å²) in [5.41, 5.74) is 1.22. The predicted molar refractivity (Wildman–Crippen MR) is 114 cm³/mol.